The summed E-state index contributed by atoms with van der Waals surface area (Å²) in [5.74, 6) is 0.763. The molecular weight excluding hydrogens is 255 g/mol. The third kappa shape index (κ3) is 3.00. The van der Waals surface area contributed by atoms with Gasteiger partial charge in [0.05, 0.1) is 18.0 Å². The highest BCUT2D eigenvalue weighted by Gasteiger charge is 2.35. The van der Waals surface area contributed by atoms with E-state index in [0.29, 0.717) is 24.1 Å². The number of nitrogen functional groups attached to an aromatic ring is 1. The maximum absolute atomic E-state index is 13.9. The molecule has 4 heteroatoms. The Balaban J connectivity index is 1.85. The van der Waals surface area contributed by atoms with Crippen molar-refractivity contribution in [3.63, 3.8) is 0 Å². The lowest BCUT2D eigenvalue weighted by Gasteiger charge is -2.27. The van der Waals surface area contributed by atoms with E-state index in [0.717, 1.165) is 24.6 Å². The van der Waals surface area contributed by atoms with Crippen LogP contribution in [0.4, 0.5) is 15.8 Å². The summed E-state index contributed by atoms with van der Waals surface area (Å²) in [5.41, 5.74) is 7.52. The minimum atomic E-state index is -0.359. The molecule has 1 aromatic carbocycles. The van der Waals surface area contributed by atoms with Crippen LogP contribution in [0.15, 0.2) is 12.1 Å². The van der Waals surface area contributed by atoms with Gasteiger partial charge in [-0.2, -0.15) is 0 Å². The van der Waals surface area contributed by atoms with Crippen LogP contribution in [0.1, 0.15) is 39.0 Å². The SMILES string of the molecule is CCCOc1cc(N(CC2CC2)C2CC2)c(N)cc1F. The summed E-state index contributed by atoms with van der Waals surface area (Å²) in [6, 6.07) is 3.78. The highest BCUT2D eigenvalue weighted by molar-refractivity contribution is 5.71. The summed E-state index contributed by atoms with van der Waals surface area (Å²) < 4.78 is 19.4. The van der Waals surface area contributed by atoms with Crippen molar-refractivity contribution >= 4 is 11.4 Å². The lowest BCUT2D eigenvalue weighted by molar-refractivity contribution is 0.301. The Hall–Kier alpha value is -1.45. The van der Waals surface area contributed by atoms with Crippen LogP contribution in [0.2, 0.25) is 0 Å². The van der Waals surface area contributed by atoms with Gasteiger partial charge in [0.1, 0.15) is 0 Å². The molecule has 3 nitrogen and oxygen atoms in total. The van der Waals surface area contributed by atoms with Crippen molar-refractivity contribution in [1.82, 2.24) is 0 Å². The number of nitrogens with two attached hydrogens (primary N) is 1. The fourth-order valence-electron chi connectivity index (χ4n) is 2.54. The van der Waals surface area contributed by atoms with E-state index >= 15 is 0 Å². The largest absolute Gasteiger partial charge is 0.490 e. The summed E-state index contributed by atoms with van der Waals surface area (Å²) in [7, 11) is 0. The normalized spacial score (nSPS) is 18.1. The Kier molecular flexibility index (Phi) is 3.72. The fraction of sp³-hybridized carbons (Fsp3) is 0.625. The van der Waals surface area contributed by atoms with Gasteiger partial charge in [-0.1, -0.05) is 6.92 Å². The standard InChI is InChI=1S/C16H23FN2O/c1-2-7-20-16-9-15(14(18)8-13(16)17)19(12-5-6-12)10-11-3-4-11/h8-9,11-12H,2-7,10,18H2,1H3. The molecular formula is C16H23FN2O. The predicted octanol–water partition coefficient (Wildman–Crippen LogP) is 3.58. The van der Waals surface area contributed by atoms with Crippen molar-refractivity contribution < 1.29 is 9.13 Å². The molecule has 2 aliphatic carbocycles. The molecule has 2 fully saturated rings. The van der Waals surface area contributed by atoms with Gasteiger partial charge in [-0.25, -0.2) is 4.39 Å². The van der Waals surface area contributed by atoms with Crippen LogP contribution in [-0.4, -0.2) is 19.2 Å². The van der Waals surface area contributed by atoms with Gasteiger partial charge < -0.3 is 15.4 Å². The minimum absolute atomic E-state index is 0.331. The van der Waals surface area contributed by atoms with Gasteiger partial charge in [-0.05, 0) is 38.0 Å². The monoisotopic (exact) mass is 278 g/mol. The van der Waals surface area contributed by atoms with Gasteiger partial charge in [-0.15, -0.1) is 0 Å². The molecule has 0 radical (unpaired) electrons. The van der Waals surface area contributed by atoms with E-state index in [1.807, 2.05) is 6.92 Å². The van der Waals surface area contributed by atoms with Crippen LogP contribution in [0.25, 0.3) is 0 Å². The zero-order valence-electron chi connectivity index (χ0n) is 12.1. The fourth-order valence-corrected chi connectivity index (χ4v) is 2.54. The van der Waals surface area contributed by atoms with Gasteiger partial charge in [0.25, 0.3) is 0 Å². The van der Waals surface area contributed by atoms with Crippen molar-refractivity contribution in [2.75, 3.05) is 23.8 Å². The molecule has 0 amide bonds. The smallest absolute Gasteiger partial charge is 0.167 e. The first-order chi connectivity index (χ1) is 9.69. The lowest BCUT2D eigenvalue weighted by Crippen LogP contribution is -2.29. The van der Waals surface area contributed by atoms with E-state index in [1.165, 1.54) is 31.7 Å². The Labute approximate surface area is 119 Å². The Bertz CT molecular complexity index is 484. The Morgan fingerprint density at radius 3 is 2.65 bits per heavy atom. The van der Waals surface area contributed by atoms with Crippen LogP contribution in [0, 0.1) is 11.7 Å². The second kappa shape index (κ2) is 5.51. The number of hydrogen-bond acceptors (Lipinski definition) is 3. The van der Waals surface area contributed by atoms with Gasteiger partial charge in [0.15, 0.2) is 11.6 Å². The number of ether oxygens (including phenoxy) is 1. The summed E-state index contributed by atoms with van der Waals surface area (Å²) >= 11 is 0. The van der Waals surface area contributed by atoms with E-state index < -0.39 is 0 Å². The second-order valence-electron chi connectivity index (χ2n) is 6.02. The molecule has 1 aromatic rings. The van der Waals surface area contributed by atoms with Crippen LogP contribution in [0.3, 0.4) is 0 Å². The zero-order chi connectivity index (χ0) is 14.1. The van der Waals surface area contributed by atoms with E-state index in [9.17, 15) is 4.39 Å². The number of halogens is 1. The number of nitrogens with zero attached hydrogens (tertiary/aromatic N) is 1. The predicted molar refractivity (Wildman–Crippen MR) is 79.7 cm³/mol. The molecule has 0 spiro atoms. The van der Waals surface area contributed by atoms with E-state index in [4.69, 9.17) is 10.5 Å². The highest BCUT2D eigenvalue weighted by atomic mass is 19.1. The van der Waals surface area contributed by atoms with Crippen LogP contribution in [-0.2, 0) is 0 Å². The summed E-state index contributed by atoms with van der Waals surface area (Å²) in [5, 5.41) is 0. The number of hydrogen-bond donors (Lipinski definition) is 1. The molecule has 0 saturated heterocycles. The van der Waals surface area contributed by atoms with Gasteiger partial charge in [-0.3, -0.25) is 0 Å². The Morgan fingerprint density at radius 1 is 1.30 bits per heavy atom. The molecule has 0 heterocycles. The maximum atomic E-state index is 13.9. The number of benzene rings is 1. The van der Waals surface area contributed by atoms with Gasteiger partial charge >= 0.3 is 0 Å². The second-order valence-corrected chi connectivity index (χ2v) is 6.02. The van der Waals surface area contributed by atoms with E-state index in [1.54, 1.807) is 6.07 Å². The first-order valence-electron chi connectivity index (χ1n) is 7.67. The van der Waals surface area contributed by atoms with Crippen molar-refractivity contribution in [1.29, 1.82) is 0 Å². The number of anilines is 2. The minimum Gasteiger partial charge on any atom is -0.490 e. The van der Waals surface area contributed by atoms with Crippen molar-refractivity contribution in [3.05, 3.63) is 17.9 Å². The first-order valence-corrected chi connectivity index (χ1v) is 7.67. The third-order valence-electron chi connectivity index (χ3n) is 3.99. The average molecular weight is 278 g/mol. The first kappa shape index (κ1) is 13.5. The van der Waals surface area contributed by atoms with E-state index in [-0.39, 0.29) is 5.82 Å². The topological polar surface area (TPSA) is 38.5 Å². The van der Waals surface area contributed by atoms with Crippen molar-refractivity contribution in [2.45, 2.75) is 45.1 Å². The zero-order valence-corrected chi connectivity index (χ0v) is 12.1. The number of rotatable bonds is 7. The molecule has 0 aliphatic heterocycles. The maximum Gasteiger partial charge on any atom is 0.167 e. The van der Waals surface area contributed by atoms with Crippen LogP contribution >= 0.6 is 0 Å². The quantitative estimate of drug-likeness (QED) is 0.775. The van der Waals surface area contributed by atoms with Gasteiger partial charge in [0, 0.05) is 24.7 Å². The van der Waals surface area contributed by atoms with Crippen LogP contribution in [0.5, 0.6) is 5.75 Å². The van der Waals surface area contributed by atoms with Crippen LogP contribution < -0.4 is 15.4 Å². The molecule has 2 saturated carbocycles. The molecule has 0 unspecified atom stereocenters. The molecule has 0 bridgehead atoms. The lowest BCUT2D eigenvalue weighted by atomic mass is 10.2. The Morgan fingerprint density at radius 2 is 2.05 bits per heavy atom. The average Bonchev–Trinajstić information content (AvgIpc) is 3.27. The summed E-state index contributed by atoms with van der Waals surface area (Å²) in [6.45, 7) is 3.60. The van der Waals surface area contributed by atoms with E-state index in [2.05, 4.69) is 4.90 Å². The van der Waals surface area contributed by atoms with Crippen molar-refractivity contribution in [3.8, 4) is 5.75 Å². The molecule has 0 atom stereocenters. The summed E-state index contributed by atoms with van der Waals surface area (Å²) in [6.07, 6.45) is 5.92. The third-order valence-corrected chi connectivity index (χ3v) is 3.99. The van der Waals surface area contributed by atoms with Gasteiger partial charge in [0.2, 0.25) is 0 Å². The van der Waals surface area contributed by atoms with Crippen molar-refractivity contribution in [2.24, 2.45) is 5.92 Å². The molecule has 2 N–H and O–H groups in total. The molecule has 0 aromatic heterocycles. The molecule has 3 rings (SSSR count). The molecule has 20 heavy (non-hydrogen) atoms. The molecule has 110 valence electrons. The summed E-state index contributed by atoms with van der Waals surface area (Å²) in [4.78, 5) is 2.37. The molecule has 2 aliphatic rings. The highest BCUT2D eigenvalue weighted by Crippen LogP contribution is 2.41.